The molecule has 9 aromatic rings. The van der Waals surface area contributed by atoms with Gasteiger partial charge in [-0.1, -0.05) is 84.7 Å². The largest absolute Gasteiger partial charge is 0.501 e. The number of furan rings is 1. The van der Waals surface area contributed by atoms with Crippen LogP contribution in [-0.4, -0.2) is 22.6 Å². The number of fused-ring (bicyclic) bond motifs is 4. The summed E-state index contributed by atoms with van der Waals surface area (Å²) in [5.74, 6) is -0.531. The molecular weight excluding hydrogens is 893 g/mol. The van der Waals surface area contributed by atoms with Crippen LogP contribution in [0.15, 0.2) is 132 Å². The number of hydrogen-bond donors (Lipinski definition) is 0. The van der Waals surface area contributed by atoms with Gasteiger partial charge >= 0.3 is 0 Å². The molecule has 0 amide bonds. The quantitative estimate of drug-likeness (QED) is 0.128. The van der Waals surface area contributed by atoms with E-state index in [0.717, 1.165) is 61.5 Å². The van der Waals surface area contributed by atoms with Gasteiger partial charge in [0.25, 0.3) is 0 Å². The van der Waals surface area contributed by atoms with E-state index in [1.165, 1.54) is 22.9 Å². The van der Waals surface area contributed by atoms with Gasteiger partial charge in [0.1, 0.15) is 17.2 Å². The van der Waals surface area contributed by atoms with Gasteiger partial charge < -0.3 is 14.0 Å². The number of rotatable bonds is 5. The Morgan fingerprint density at radius 2 is 1.46 bits per heavy atom. The van der Waals surface area contributed by atoms with Crippen molar-refractivity contribution in [2.45, 2.75) is 40.4 Å². The summed E-state index contributed by atoms with van der Waals surface area (Å²) in [6.07, 6.45) is 2.02. The van der Waals surface area contributed by atoms with Crippen molar-refractivity contribution in [3.63, 3.8) is 0 Å². The van der Waals surface area contributed by atoms with Gasteiger partial charge in [0.05, 0.1) is 30.5 Å². The van der Waals surface area contributed by atoms with Crippen LogP contribution in [0.4, 0.5) is 8.78 Å². The van der Waals surface area contributed by atoms with Crippen molar-refractivity contribution in [1.29, 1.82) is 0 Å². The second-order valence-electron chi connectivity index (χ2n) is 15.0. The molecule has 0 N–H and O–H groups in total. The summed E-state index contributed by atoms with van der Waals surface area (Å²) < 4.78 is 36.9. The minimum atomic E-state index is -1.23. The molecule has 8 heteroatoms. The molecule has 0 aliphatic heterocycles. The van der Waals surface area contributed by atoms with Crippen LogP contribution in [-0.2, 0) is 20.1 Å². The van der Waals surface area contributed by atoms with Crippen LogP contribution in [0.1, 0.15) is 16.7 Å². The zero-order valence-corrected chi connectivity index (χ0v) is 35.4. The van der Waals surface area contributed by atoms with Crippen molar-refractivity contribution in [2.24, 2.45) is 0 Å². The molecular formula is C48H39F2IrN3OSi-2. The molecule has 1 radical (unpaired) electrons. The Morgan fingerprint density at radius 1 is 0.732 bits per heavy atom. The van der Waals surface area contributed by atoms with E-state index in [9.17, 15) is 8.78 Å². The van der Waals surface area contributed by atoms with E-state index in [-0.39, 0.29) is 20.1 Å². The first-order valence-electron chi connectivity index (χ1n) is 18.3. The predicted octanol–water partition coefficient (Wildman–Crippen LogP) is 12.4. The molecule has 0 unspecified atom stereocenters. The zero-order chi connectivity index (χ0) is 38.4. The molecule has 0 fully saturated rings. The van der Waals surface area contributed by atoms with Crippen molar-refractivity contribution >= 4 is 46.2 Å². The van der Waals surface area contributed by atoms with Crippen molar-refractivity contribution in [1.82, 2.24) is 14.5 Å². The maximum absolute atomic E-state index is 14.2. The van der Waals surface area contributed by atoms with Crippen molar-refractivity contribution in [3.8, 4) is 39.5 Å². The molecule has 0 aliphatic rings. The van der Waals surface area contributed by atoms with Gasteiger partial charge in [-0.2, -0.15) is 0 Å². The van der Waals surface area contributed by atoms with Gasteiger partial charge in [-0.05, 0) is 84.2 Å². The number of aryl methyl sites for hydroxylation is 3. The van der Waals surface area contributed by atoms with Crippen LogP contribution in [0.25, 0.3) is 72.4 Å². The molecule has 3 aromatic heterocycles. The number of hydrogen-bond acceptors (Lipinski definition) is 3. The Kier molecular flexibility index (Phi) is 10.7. The second-order valence-corrected chi connectivity index (χ2v) is 20.1. The number of para-hydroxylation sites is 2. The number of aromatic nitrogens is 3. The Balaban J connectivity index is 0.000000238. The Hall–Kier alpha value is -5.53. The zero-order valence-electron chi connectivity index (χ0n) is 32.0. The molecule has 0 aliphatic carbocycles. The first kappa shape index (κ1) is 38.7. The molecule has 3 heterocycles. The maximum atomic E-state index is 14.2. The van der Waals surface area contributed by atoms with Crippen LogP contribution < -0.4 is 5.19 Å². The van der Waals surface area contributed by atoms with E-state index in [0.29, 0.717) is 28.1 Å². The summed E-state index contributed by atoms with van der Waals surface area (Å²) in [6.45, 7) is 13.3. The minimum Gasteiger partial charge on any atom is -0.501 e. The summed E-state index contributed by atoms with van der Waals surface area (Å²) >= 11 is 0. The third-order valence-electron chi connectivity index (χ3n) is 9.89. The van der Waals surface area contributed by atoms with E-state index in [1.807, 2.05) is 79.0 Å². The Morgan fingerprint density at radius 3 is 2.14 bits per heavy atom. The fraction of sp³-hybridized carbons (Fsp3) is 0.125. The van der Waals surface area contributed by atoms with E-state index >= 15 is 0 Å². The van der Waals surface area contributed by atoms with Gasteiger partial charge in [-0.3, -0.25) is 4.98 Å². The molecule has 281 valence electrons. The number of benzene rings is 6. The van der Waals surface area contributed by atoms with E-state index in [1.54, 1.807) is 0 Å². The number of halogens is 2. The predicted molar refractivity (Wildman–Crippen MR) is 224 cm³/mol. The van der Waals surface area contributed by atoms with Gasteiger partial charge in [-0.25, -0.2) is 8.78 Å². The summed E-state index contributed by atoms with van der Waals surface area (Å²) in [5, 5.41) is 3.01. The SMILES string of the molecule is C[Si](C)(C)c1ccc(-c2[c-]cccc2)nc1.Cc1cc(C)c(-n2c(-c3[c-]ccc4c3oc3cccc(-c5cc(F)cc(F)c5)c34)nc3ccccc32)c(C)c1.[Ir]. The van der Waals surface area contributed by atoms with E-state index in [2.05, 4.69) is 92.4 Å². The molecule has 0 saturated heterocycles. The standard InChI is InChI=1S/C34H23F2N2O.C14H16NSi.Ir/c1-19-14-20(2)32(21(3)15-19)38-29-12-5-4-11-28(29)37-34(38)27-10-6-9-26-31-25(8-7-13-30(31)39-33(26)27)22-16-23(35)18-24(36)17-22;1-16(2,3)13-9-10-14(15-11-13)12-7-5-4-6-8-12;/h4-9,11-18H,1-3H3;4-7,9-11H,1-3H3;/q2*-1;. The van der Waals surface area contributed by atoms with Gasteiger partial charge in [0.15, 0.2) is 0 Å². The smallest absolute Gasteiger partial charge is 0.126 e. The average molecular weight is 932 g/mol. The molecule has 0 spiro atoms. The van der Waals surface area contributed by atoms with Gasteiger partial charge in [-0.15, -0.1) is 54.1 Å². The molecule has 0 atom stereocenters. The second kappa shape index (κ2) is 15.5. The van der Waals surface area contributed by atoms with E-state index in [4.69, 9.17) is 9.40 Å². The fourth-order valence-electron chi connectivity index (χ4n) is 7.40. The first-order chi connectivity index (χ1) is 26.5. The number of pyridine rings is 1. The Bertz CT molecular complexity index is 2820. The van der Waals surface area contributed by atoms with Crippen LogP contribution in [0.2, 0.25) is 19.6 Å². The molecule has 0 bridgehead atoms. The summed E-state index contributed by atoms with van der Waals surface area (Å²) in [4.78, 5) is 9.58. The van der Waals surface area contributed by atoms with Crippen LogP contribution in [0.3, 0.4) is 0 Å². The third-order valence-corrected chi connectivity index (χ3v) is 11.9. The van der Waals surface area contributed by atoms with Gasteiger partial charge in [0.2, 0.25) is 0 Å². The third kappa shape index (κ3) is 7.40. The minimum absolute atomic E-state index is 0. The Labute approximate surface area is 340 Å². The van der Waals surface area contributed by atoms with Crippen LogP contribution >= 0.6 is 0 Å². The maximum Gasteiger partial charge on any atom is 0.126 e. The van der Waals surface area contributed by atoms with Crippen molar-refractivity contribution in [2.75, 3.05) is 0 Å². The summed E-state index contributed by atoms with van der Waals surface area (Å²) in [5.41, 5.74) is 11.6. The van der Waals surface area contributed by atoms with E-state index < -0.39 is 19.7 Å². The van der Waals surface area contributed by atoms with Gasteiger partial charge in [0, 0.05) is 43.4 Å². The molecule has 0 saturated carbocycles. The van der Waals surface area contributed by atoms with Crippen LogP contribution in [0.5, 0.6) is 0 Å². The number of imidazole rings is 1. The molecule has 4 nitrogen and oxygen atoms in total. The van der Waals surface area contributed by atoms with Crippen molar-refractivity contribution < 1.29 is 33.3 Å². The van der Waals surface area contributed by atoms with Crippen molar-refractivity contribution in [3.05, 3.63) is 168 Å². The monoisotopic (exact) mass is 932 g/mol. The number of nitrogens with zero attached hydrogens (tertiary/aromatic N) is 3. The fourth-order valence-corrected chi connectivity index (χ4v) is 8.44. The first-order valence-corrected chi connectivity index (χ1v) is 21.8. The summed E-state index contributed by atoms with van der Waals surface area (Å²) in [7, 11) is -1.23. The molecule has 6 aromatic carbocycles. The topological polar surface area (TPSA) is 43.9 Å². The summed E-state index contributed by atoms with van der Waals surface area (Å²) in [6, 6.07) is 44.2. The van der Waals surface area contributed by atoms with Crippen LogP contribution in [0, 0.1) is 44.5 Å². The molecule has 56 heavy (non-hydrogen) atoms. The average Bonchev–Trinajstić information content (AvgIpc) is 3.73. The normalized spacial score (nSPS) is 11.4. The molecule has 9 rings (SSSR count).